The topological polar surface area (TPSA) is 67.8 Å². The molecule has 1 aliphatic rings. The van der Waals surface area contributed by atoms with E-state index in [0.29, 0.717) is 0 Å². The number of aliphatic hydroxyl groups is 2. The van der Waals surface area contributed by atoms with Crippen molar-refractivity contribution in [1.82, 2.24) is 0 Å². The summed E-state index contributed by atoms with van der Waals surface area (Å²) < 4.78 is 11.2. The average Bonchev–Trinajstić information content (AvgIpc) is 2.35. The van der Waals surface area contributed by atoms with Crippen molar-refractivity contribution in [3.63, 3.8) is 0 Å². The summed E-state index contributed by atoms with van der Waals surface area (Å²) in [6, 6.07) is 0. The zero-order valence-corrected chi connectivity index (χ0v) is 11.2. The fourth-order valence-electron chi connectivity index (χ4n) is 2.14. The SMILES string of the molecule is OCC[NH+]1CCOCC[NH+](CCO)CCOCC1. The van der Waals surface area contributed by atoms with E-state index in [1.54, 1.807) is 0 Å². The van der Waals surface area contributed by atoms with Gasteiger partial charge in [0.25, 0.3) is 0 Å². The molecule has 0 bridgehead atoms. The molecule has 0 aromatic heterocycles. The summed E-state index contributed by atoms with van der Waals surface area (Å²) in [6.45, 7) is 8.50. The molecule has 4 N–H and O–H groups in total. The van der Waals surface area contributed by atoms with Gasteiger partial charge in [0.1, 0.15) is 39.3 Å². The summed E-state index contributed by atoms with van der Waals surface area (Å²) in [7, 11) is 0. The van der Waals surface area contributed by atoms with Gasteiger partial charge < -0.3 is 29.5 Å². The Morgan fingerprint density at radius 3 is 1.28 bits per heavy atom. The third-order valence-electron chi connectivity index (χ3n) is 3.33. The van der Waals surface area contributed by atoms with Crippen LogP contribution in [0.2, 0.25) is 0 Å². The van der Waals surface area contributed by atoms with E-state index in [9.17, 15) is 0 Å². The van der Waals surface area contributed by atoms with Gasteiger partial charge in [0.15, 0.2) is 0 Å². The molecule has 6 heteroatoms. The molecular formula is C12H28N2O4+2. The highest BCUT2D eigenvalue weighted by atomic mass is 16.5. The minimum absolute atomic E-state index is 0.212. The van der Waals surface area contributed by atoms with Crippen LogP contribution in [-0.4, -0.2) is 89.1 Å². The second kappa shape index (κ2) is 10.7. The Bertz CT molecular complexity index is 163. The molecule has 1 aliphatic heterocycles. The van der Waals surface area contributed by atoms with Crippen molar-refractivity contribution in [3.8, 4) is 0 Å². The van der Waals surface area contributed by atoms with Crippen molar-refractivity contribution in [1.29, 1.82) is 0 Å². The molecule has 0 atom stereocenters. The zero-order valence-electron chi connectivity index (χ0n) is 11.2. The summed E-state index contributed by atoms with van der Waals surface area (Å²) in [5.74, 6) is 0. The van der Waals surface area contributed by atoms with Gasteiger partial charge in [0, 0.05) is 0 Å². The molecule has 0 unspecified atom stereocenters. The number of aliphatic hydroxyl groups excluding tert-OH is 2. The van der Waals surface area contributed by atoms with E-state index >= 15 is 0 Å². The minimum Gasteiger partial charge on any atom is -0.391 e. The van der Waals surface area contributed by atoms with E-state index in [1.165, 1.54) is 9.80 Å². The monoisotopic (exact) mass is 264 g/mol. The van der Waals surface area contributed by atoms with Crippen molar-refractivity contribution < 1.29 is 29.5 Å². The van der Waals surface area contributed by atoms with E-state index in [2.05, 4.69) is 0 Å². The van der Waals surface area contributed by atoms with Crippen LogP contribution >= 0.6 is 0 Å². The maximum atomic E-state index is 8.97. The quantitative estimate of drug-likeness (QED) is 0.416. The molecule has 6 nitrogen and oxygen atoms in total. The molecule has 0 aliphatic carbocycles. The number of hydrogen-bond acceptors (Lipinski definition) is 4. The van der Waals surface area contributed by atoms with Crippen LogP contribution in [0.25, 0.3) is 0 Å². The maximum Gasteiger partial charge on any atom is 0.101 e. The largest absolute Gasteiger partial charge is 0.391 e. The second-order valence-corrected chi connectivity index (χ2v) is 4.67. The predicted molar refractivity (Wildman–Crippen MR) is 66.9 cm³/mol. The van der Waals surface area contributed by atoms with Crippen molar-refractivity contribution >= 4 is 0 Å². The minimum atomic E-state index is 0.212. The Labute approximate surface area is 109 Å². The van der Waals surface area contributed by atoms with Gasteiger partial charge >= 0.3 is 0 Å². The molecule has 0 amide bonds. The molecule has 1 saturated heterocycles. The molecule has 1 fully saturated rings. The number of rotatable bonds is 4. The maximum absolute atomic E-state index is 8.97. The number of nitrogens with one attached hydrogen (secondary N) is 2. The average molecular weight is 264 g/mol. The normalized spacial score (nSPS) is 28.3. The first-order chi connectivity index (χ1) is 8.86. The van der Waals surface area contributed by atoms with Crippen LogP contribution in [0.4, 0.5) is 0 Å². The van der Waals surface area contributed by atoms with Crippen LogP contribution in [0.3, 0.4) is 0 Å². The van der Waals surface area contributed by atoms with Crippen LogP contribution in [0.15, 0.2) is 0 Å². The van der Waals surface area contributed by atoms with Crippen molar-refractivity contribution in [2.45, 2.75) is 0 Å². The summed E-state index contributed by atoms with van der Waals surface area (Å²) >= 11 is 0. The Hall–Kier alpha value is -0.240. The molecule has 18 heavy (non-hydrogen) atoms. The van der Waals surface area contributed by atoms with Gasteiger partial charge in [0.2, 0.25) is 0 Å². The highest BCUT2D eigenvalue weighted by molar-refractivity contribution is 4.38. The Morgan fingerprint density at radius 1 is 0.667 bits per heavy atom. The molecule has 0 saturated carbocycles. The Morgan fingerprint density at radius 2 is 1.00 bits per heavy atom. The van der Waals surface area contributed by atoms with E-state index in [4.69, 9.17) is 19.7 Å². The summed E-state index contributed by atoms with van der Waals surface area (Å²) in [5.41, 5.74) is 0. The lowest BCUT2D eigenvalue weighted by molar-refractivity contribution is -0.908. The molecular weight excluding hydrogens is 236 g/mol. The highest BCUT2D eigenvalue weighted by Crippen LogP contribution is 1.74. The summed E-state index contributed by atoms with van der Waals surface area (Å²) in [5, 5.41) is 17.9. The van der Waals surface area contributed by atoms with Crippen molar-refractivity contribution in [2.24, 2.45) is 0 Å². The lowest BCUT2D eigenvalue weighted by atomic mass is 10.4. The van der Waals surface area contributed by atoms with Crippen LogP contribution < -0.4 is 9.80 Å². The van der Waals surface area contributed by atoms with Crippen LogP contribution in [0.5, 0.6) is 0 Å². The van der Waals surface area contributed by atoms with Gasteiger partial charge in [-0.1, -0.05) is 0 Å². The molecule has 1 rings (SSSR count). The first-order valence-corrected chi connectivity index (χ1v) is 6.91. The first-order valence-electron chi connectivity index (χ1n) is 6.91. The summed E-state index contributed by atoms with van der Waals surface area (Å²) in [6.07, 6.45) is 0. The highest BCUT2D eigenvalue weighted by Gasteiger charge is 2.12. The van der Waals surface area contributed by atoms with Crippen molar-refractivity contribution in [2.75, 3.05) is 78.9 Å². The van der Waals surface area contributed by atoms with Gasteiger partial charge in [-0.3, -0.25) is 0 Å². The lowest BCUT2D eigenvalue weighted by Crippen LogP contribution is -3.14. The summed E-state index contributed by atoms with van der Waals surface area (Å²) in [4.78, 5) is 2.66. The smallest absolute Gasteiger partial charge is 0.101 e. The molecule has 0 aromatic rings. The fourth-order valence-corrected chi connectivity index (χ4v) is 2.14. The third-order valence-corrected chi connectivity index (χ3v) is 3.33. The second-order valence-electron chi connectivity index (χ2n) is 4.67. The van der Waals surface area contributed by atoms with Crippen LogP contribution in [0.1, 0.15) is 0 Å². The Balaban J connectivity index is 2.28. The van der Waals surface area contributed by atoms with Gasteiger partial charge in [-0.05, 0) is 0 Å². The van der Waals surface area contributed by atoms with E-state index < -0.39 is 0 Å². The van der Waals surface area contributed by atoms with Gasteiger partial charge in [0.05, 0.1) is 39.6 Å². The molecule has 0 radical (unpaired) electrons. The van der Waals surface area contributed by atoms with E-state index in [0.717, 1.165) is 65.7 Å². The number of quaternary nitrogens is 2. The molecule has 108 valence electrons. The Kier molecular flexibility index (Phi) is 9.37. The fraction of sp³-hybridized carbons (Fsp3) is 1.00. The van der Waals surface area contributed by atoms with Gasteiger partial charge in [-0.25, -0.2) is 0 Å². The van der Waals surface area contributed by atoms with E-state index in [1.807, 2.05) is 0 Å². The third kappa shape index (κ3) is 7.25. The van der Waals surface area contributed by atoms with Gasteiger partial charge in [-0.15, -0.1) is 0 Å². The molecule has 0 aromatic carbocycles. The molecule has 0 spiro atoms. The number of ether oxygens (including phenoxy) is 2. The zero-order chi connectivity index (χ0) is 13.1. The first kappa shape index (κ1) is 15.8. The number of hydrogen-bond donors (Lipinski definition) is 4. The van der Waals surface area contributed by atoms with E-state index in [-0.39, 0.29) is 13.2 Å². The van der Waals surface area contributed by atoms with Crippen LogP contribution in [0, 0.1) is 0 Å². The predicted octanol–water partition coefficient (Wildman–Crippen LogP) is -4.21. The standard InChI is InChI=1S/C12H26N2O4/c15-7-1-13-3-9-17-11-5-14(2-8-16)6-12-18-10-4-13/h15-16H,1-12H2/p+2. The van der Waals surface area contributed by atoms with Gasteiger partial charge in [-0.2, -0.15) is 0 Å². The molecule has 1 heterocycles. The van der Waals surface area contributed by atoms with Crippen molar-refractivity contribution in [3.05, 3.63) is 0 Å². The lowest BCUT2D eigenvalue weighted by Gasteiger charge is -2.22. The van der Waals surface area contributed by atoms with Crippen LogP contribution in [-0.2, 0) is 9.47 Å².